The molecule has 18 heavy (non-hydrogen) atoms. The molecule has 3 N–H and O–H groups in total. The van der Waals surface area contributed by atoms with Crippen molar-refractivity contribution in [1.82, 2.24) is 10.6 Å². The minimum Gasteiger partial charge on any atom is -0.386 e. The molecule has 0 spiro atoms. The molecule has 1 aromatic rings. The molecule has 6 heteroatoms. The van der Waals surface area contributed by atoms with Gasteiger partial charge in [-0.25, -0.2) is 0 Å². The summed E-state index contributed by atoms with van der Waals surface area (Å²) in [7, 11) is 0. The van der Waals surface area contributed by atoms with E-state index in [-0.39, 0.29) is 6.54 Å². The van der Waals surface area contributed by atoms with E-state index in [9.17, 15) is 14.7 Å². The minimum atomic E-state index is -0.770. The molecule has 0 fully saturated rings. The maximum atomic E-state index is 11.4. The van der Waals surface area contributed by atoms with Crippen LogP contribution in [0.15, 0.2) is 11.4 Å². The fraction of sp³-hybridized carbons (Fsp3) is 0.500. The second-order valence-electron chi connectivity index (χ2n) is 3.95. The van der Waals surface area contributed by atoms with E-state index in [2.05, 4.69) is 10.6 Å². The topological polar surface area (TPSA) is 78.4 Å². The number of carbonyl (C=O) groups is 2. The molecule has 0 saturated carbocycles. The third kappa shape index (κ3) is 4.12. The lowest BCUT2D eigenvalue weighted by atomic mass is 10.2. The Morgan fingerprint density at radius 2 is 2.06 bits per heavy atom. The Bertz CT molecular complexity index is 417. The van der Waals surface area contributed by atoms with Crippen molar-refractivity contribution in [2.24, 2.45) is 0 Å². The first-order chi connectivity index (χ1) is 8.56. The number of aryl methyl sites for hydroxylation is 1. The number of hydrogen-bond donors (Lipinski definition) is 3. The highest BCUT2D eigenvalue weighted by molar-refractivity contribution is 7.10. The second-order valence-corrected chi connectivity index (χ2v) is 4.90. The van der Waals surface area contributed by atoms with Gasteiger partial charge in [-0.1, -0.05) is 6.92 Å². The zero-order valence-corrected chi connectivity index (χ0v) is 11.3. The van der Waals surface area contributed by atoms with Gasteiger partial charge in [0.1, 0.15) is 6.10 Å². The maximum absolute atomic E-state index is 11.4. The molecule has 2 amide bonds. The van der Waals surface area contributed by atoms with Crippen molar-refractivity contribution in [3.8, 4) is 0 Å². The van der Waals surface area contributed by atoms with Crippen LogP contribution in [-0.2, 0) is 9.59 Å². The van der Waals surface area contributed by atoms with E-state index in [1.54, 1.807) is 0 Å². The largest absolute Gasteiger partial charge is 0.386 e. The molecule has 0 aromatic carbocycles. The number of amides is 2. The normalized spacial score (nSPS) is 11.9. The lowest BCUT2D eigenvalue weighted by molar-refractivity contribution is -0.139. The van der Waals surface area contributed by atoms with Crippen LogP contribution in [0.5, 0.6) is 0 Å². The molecule has 0 saturated heterocycles. The molecule has 0 aliphatic carbocycles. The summed E-state index contributed by atoms with van der Waals surface area (Å²) in [6.07, 6.45) is 0.00340. The van der Waals surface area contributed by atoms with E-state index in [0.717, 1.165) is 16.9 Å². The SMILES string of the molecule is CCCNC(=O)C(=O)NCC(O)c1sccc1C. The minimum absolute atomic E-state index is 0.0414. The Labute approximate surface area is 110 Å². The molecule has 0 radical (unpaired) electrons. The van der Waals surface area contributed by atoms with Crippen LogP contribution in [0.1, 0.15) is 29.9 Å². The quantitative estimate of drug-likeness (QED) is 0.690. The van der Waals surface area contributed by atoms with E-state index >= 15 is 0 Å². The molecular formula is C12H18N2O3S. The fourth-order valence-electron chi connectivity index (χ4n) is 1.41. The summed E-state index contributed by atoms with van der Waals surface area (Å²) < 4.78 is 0. The van der Waals surface area contributed by atoms with Crippen LogP contribution in [0, 0.1) is 6.92 Å². The summed E-state index contributed by atoms with van der Waals surface area (Å²) in [6.45, 7) is 4.31. The zero-order valence-electron chi connectivity index (χ0n) is 10.5. The molecule has 1 aromatic heterocycles. The van der Waals surface area contributed by atoms with Crippen molar-refractivity contribution in [1.29, 1.82) is 0 Å². The van der Waals surface area contributed by atoms with Crippen LogP contribution >= 0.6 is 11.3 Å². The van der Waals surface area contributed by atoms with E-state index in [1.807, 2.05) is 25.3 Å². The molecule has 100 valence electrons. The van der Waals surface area contributed by atoms with Crippen molar-refractivity contribution >= 4 is 23.2 Å². The van der Waals surface area contributed by atoms with E-state index in [1.165, 1.54) is 11.3 Å². The Morgan fingerprint density at radius 3 is 2.61 bits per heavy atom. The number of hydrogen-bond acceptors (Lipinski definition) is 4. The van der Waals surface area contributed by atoms with Gasteiger partial charge in [-0.3, -0.25) is 9.59 Å². The van der Waals surface area contributed by atoms with Crippen LogP contribution in [0.3, 0.4) is 0 Å². The van der Waals surface area contributed by atoms with Crippen LogP contribution in [-0.4, -0.2) is 30.0 Å². The first kappa shape index (κ1) is 14.7. The summed E-state index contributed by atoms with van der Waals surface area (Å²) in [6, 6.07) is 1.90. The van der Waals surface area contributed by atoms with Gasteiger partial charge in [-0.05, 0) is 30.4 Å². The van der Waals surface area contributed by atoms with Crippen molar-refractivity contribution in [2.45, 2.75) is 26.4 Å². The highest BCUT2D eigenvalue weighted by Gasteiger charge is 2.16. The average Bonchev–Trinajstić information content (AvgIpc) is 2.78. The molecular weight excluding hydrogens is 252 g/mol. The van der Waals surface area contributed by atoms with Gasteiger partial charge < -0.3 is 15.7 Å². The molecule has 5 nitrogen and oxygen atoms in total. The molecule has 1 heterocycles. The van der Waals surface area contributed by atoms with Crippen LogP contribution in [0.25, 0.3) is 0 Å². The summed E-state index contributed by atoms with van der Waals surface area (Å²) in [5.41, 5.74) is 0.984. The van der Waals surface area contributed by atoms with E-state index in [4.69, 9.17) is 0 Å². The third-order valence-corrected chi connectivity index (χ3v) is 3.52. The summed E-state index contributed by atoms with van der Waals surface area (Å²) in [4.78, 5) is 23.5. The second kappa shape index (κ2) is 7.13. The van der Waals surface area contributed by atoms with Gasteiger partial charge in [-0.15, -0.1) is 11.3 Å². The molecule has 0 aliphatic heterocycles. The number of nitrogens with one attached hydrogen (secondary N) is 2. The molecule has 0 bridgehead atoms. The van der Waals surface area contributed by atoms with Gasteiger partial charge in [0.25, 0.3) is 0 Å². The first-order valence-electron chi connectivity index (χ1n) is 5.84. The van der Waals surface area contributed by atoms with Gasteiger partial charge in [-0.2, -0.15) is 0 Å². The van der Waals surface area contributed by atoms with E-state index in [0.29, 0.717) is 6.54 Å². The number of thiophene rings is 1. The monoisotopic (exact) mass is 270 g/mol. The van der Waals surface area contributed by atoms with Crippen molar-refractivity contribution in [2.75, 3.05) is 13.1 Å². The number of rotatable bonds is 5. The van der Waals surface area contributed by atoms with Crippen molar-refractivity contribution in [3.05, 3.63) is 21.9 Å². The number of aliphatic hydroxyl groups excluding tert-OH is 1. The predicted octanol–water partition coefficient (Wildman–Crippen LogP) is 0.732. The van der Waals surface area contributed by atoms with Gasteiger partial charge in [0.15, 0.2) is 0 Å². The highest BCUT2D eigenvalue weighted by atomic mass is 32.1. The van der Waals surface area contributed by atoms with Gasteiger partial charge in [0.2, 0.25) is 0 Å². The highest BCUT2D eigenvalue weighted by Crippen LogP contribution is 2.22. The van der Waals surface area contributed by atoms with Gasteiger partial charge in [0, 0.05) is 18.0 Å². The summed E-state index contributed by atoms with van der Waals surface area (Å²) >= 11 is 1.43. The lowest BCUT2D eigenvalue weighted by Gasteiger charge is -2.11. The number of carbonyl (C=O) groups excluding carboxylic acids is 2. The van der Waals surface area contributed by atoms with Crippen LogP contribution < -0.4 is 10.6 Å². The van der Waals surface area contributed by atoms with Gasteiger partial charge in [0.05, 0.1) is 0 Å². The Kier molecular flexibility index (Phi) is 5.80. The Balaban J connectivity index is 2.39. The zero-order chi connectivity index (χ0) is 13.5. The summed E-state index contributed by atoms with van der Waals surface area (Å²) in [5, 5.41) is 16.6. The lowest BCUT2D eigenvalue weighted by Crippen LogP contribution is -2.41. The smallest absolute Gasteiger partial charge is 0.309 e. The summed E-state index contributed by atoms with van der Waals surface area (Å²) in [5.74, 6) is -1.37. The van der Waals surface area contributed by atoms with Crippen molar-refractivity contribution < 1.29 is 14.7 Å². The number of aliphatic hydroxyl groups is 1. The predicted molar refractivity (Wildman–Crippen MR) is 70.3 cm³/mol. The third-order valence-electron chi connectivity index (χ3n) is 2.40. The average molecular weight is 270 g/mol. The molecule has 0 aliphatic rings. The fourth-order valence-corrected chi connectivity index (χ4v) is 2.32. The maximum Gasteiger partial charge on any atom is 0.309 e. The molecule has 1 atom stereocenters. The molecule has 1 unspecified atom stereocenters. The van der Waals surface area contributed by atoms with E-state index < -0.39 is 17.9 Å². The van der Waals surface area contributed by atoms with Gasteiger partial charge >= 0.3 is 11.8 Å². The van der Waals surface area contributed by atoms with Crippen LogP contribution in [0.2, 0.25) is 0 Å². The molecule has 1 rings (SSSR count). The Morgan fingerprint density at radius 1 is 1.39 bits per heavy atom. The van der Waals surface area contributed by atoms with Crippen molar-refractivity contribution in [3.63, 3.8) is 0 Å². The van der Waals surface area contributed by atoms with Crippen LogP contribution in [0.4, 0.5) is 0 Å². The standard InChI is InChI=1S/C12H18N2O3S/c1-3-5-13-11(16)12(17)14-7-9(15)10-8(2)4-6-18-10/h4,6,9,15H,3,5,7H2,1-2H3,(H,13,16)(H,14,17). The Hall–Kier alpha value is -1.40. The first-order valence-corrected chi connectivity index (χ1v) is 6.72.